The number of allylic oxidation sites excluding steroid dienone is 4. The molecule has 144 valence electrons. The Morgan fingerprint density at radius 3 is 0.821 bits per heavy atom. The average Bonchev–Trinajstić information content (AvgIpc) is 3.42. The monoisotopic (exact) mass is 368 g/mol. The minimum atomic E-state index is 1.03. The predicted molar refractivity (Wildman–Crippen MR) is 107 cm³/mol. The summed E-state index contributed by atoms with van der Waals surface area (Å²) in [7, 11) is 0. The van der Waals surface area contributed by atoms with Crippen molar-refractivity contribution in [2.45, 2.75) is 25.7 Å². The zero-order valence-corrected chi connectivity index (χ0v) is 16.7. The molecule has 9 fully saturated rings. The van der Waals surface area contributed by atoms with Crippen LogP contribution in [0.15, 0.2) is 24.3 Å². The van der Waals surface area contributed by atoms with Gasteiger partial charge in [-0.1, -0.05) is 24.3 Å². The minimum absolute atomic E-state index is 1.03. The lowest BCUT2D eigenvalue weighted by molar-refractivity contribution is -0.231. The second-order valence-corrected chi connectivity index (χ2v) is 14.0. The first-order chi connectivity index (χ1) is 13.9. The second kappa shape index (κ2) is 3.78. The Bertz CT molecular complexity index is 761. The van der Waals surface area contributed by atoms with Crippen LogP contribution in [-0.4, -0.2) is 0 Å². The fourth-order valence-corrected chi connectivity index (χ4v) is 15.1. The SMILES string of the molecule is C1=C[C@H]2C[C@@H]1[C@H]1[C@@H]2[C@@H]2[C@@H]3C[C@@H](C4C3C3C4[C@@H]4C[C@H]3[C@H]3[C@@H]5[C@H]6C=C[C@H](C6)[C@@H]5[C@@H]43)[C@H]12. The first-order valence-corrected chi connectivity index (χ1v) is 13.3. The number of rotatable bonds is 0. The molecular weight excluding hydrogens is 336 g/mol. The van der Waals surface area contributed by atoms with Crippen LogP contribution < -0.4 is 0 Å². The molecule has 11 aliphatic rings. The Balaban J connectivity index is 0.992. The molecular formula is C28H32. The lowest BCUT2D eigenvalue weighted by Gasteiger charge is -2.70. The van der Waals surface area contributed by atoms with E-state index >= 15 is 0 Å². The number of hydrogen-bond acceptors (Lipinski definition) is 0. The molecule has 28 heavy (non-hydrogen) atoms. The largest absolute Gasteiger partial charge is 0.0848 e. The van der Waals surface area contributed by atoms with Gasteiger partial charge in [0, 0.05) is 0 Å². The normalized spacial score (nSPS) is 82.9. The van der Waals surface area contributed by atoms with Crippen molar-refractivity contribution in [3.63, 3.8) is 0 Å². The molecule has 0 radical (unpaired) electrons. The number of hydrogen-bond donors (Lipinski definition) is 0. The van der Waals surface area contributed by atoms with Crippen molar-refractivity contribution < 1.29 is 0 Å². The zero-order chi connectivity index (χ0) is 17.2. The van der Waals surface area contributed by atoms with Crippen LogP contribution in [-0.2, 0) is 0 Å². The summed E-state index contributed by atoms with van der Waals surface area (Å²) in [4.78, 5) is 0. The van der Waals surface area contributed by atoms with Crippen molar-refractivity contribution >= 4 is 0 Å². The Labute approximate surface area is 168 Å². The molecule has 0 nitrogen and oxygen atoms in total. The lowest BCUT2D eigenvalue weighted by atomic mass is 9.34. The van der Waals surface area contributed by atoms with Gasteiger partial charge in [0.25, 0.3) is 0 Å². The van der Waals surface area contributed by atoms with Crippen molar-refractivity contribution in [3.8, 4) is 0 Å². The smallest absolute Gasteiger partial charge is 0.0194 e. The summed E-state index contributed by atoms with van der Waals surface area (Å²) in [6, 6.07) is 0. The Kier molecular flexibility index (Phi) is 1.85. The summed E-state index contributed by atoms with van der Waals surface area (Å²) in [6.07, 6.45) is 17.2. The summed E-state index contributed by atoms with van der Waals surface area (Å²) in [5, 5.41) is 0. The van der Waals surface area contributed by atoms with E-state index in [4.69, 9.17) is 0 Å². The van der Waals surface area contributed by atoms with Crippen LogP contribution in [0, 0.1) is 118 Å². The van der Waals surface area contributed by atoms with Gasteiger partial charge in [-0.15, -0.1) is 0 Å². The van der Waals surface area contributed by atoms with E-state index < -0.39 is 0 Å². The molecule has 11 rings (SSSR count). The van der Waals surface area contributed by atoms with E-state index in [9.17, 15) is 0 Å². The average molecular weight is 369 g/mol. The van der Waals surface area contributed by atoms with Crippen LogP contribution >= 0.6 is 0 Å². The minimum Gasteiger partial charge on any atom is -0.0848 e. The van der Waals surface area contributed by atoms with Gasteiger partial charge < -0.3 is 0 Å². The molecule has 8 bridgehead atoms. The van der Waals surface area contributed by atoms with Crippen LogP contribution in [0.25, 0.3) is 0 Å². The lowest BCUT2D eigenvalue weighted by Crippen LogP contribution is -2.67. The first-order valence-electron chi connectivity index (χ1n) is 13.3. The molecule has 0 heterocycles. The summed E-state index contributed by atoms with van der Waals surface area (Å²) in [5.74, 6) is 23.5. The third kappa shape index (κ3) is 1.03. The van der Waals surface area contributed by atoms with Crippen LogP contribution in [0.4, 0.5) is 0 Å². The summed E-state index contributed by atoms with van der Waals surface area (Å²) >= 11 is 0. The van der Waals surface area contributed by atoms with Crippen LogP contribution in [0.3, 0.4) is 0 Å². The van der Waals surface area contributed by atoms with Crippen LogP contribution in [0.5, 0.6) is 0 Å². The van der Waals surface area contributed by atoms with Crippen LogP contribution in [0.1, 0.15) is 25.7 Å². The molecule has 0 amide bonds. The molecule has 0 unspecified atom stereocenters. The fraction of sp³-hybridized carbons (Fsp3) is 0.857. The van der Waals surface area contributed by atoms with Gasteiger partial charge >= 0.3 is 0 Å². The maximum absolute atomic E-state index is 2.66. The molecule has 9 saturated carbocycles. The molecule has 11 aliphatic carbocycles. The molecule has 0 aromatic carbocycles. The van der Waals surface area contributed by atoms with Crippen molar-refractivity contribution in [2.75, 3.05) is 0 Å². The summed E-state index contributed by atoms with van der Waals surface area (Å²) in [5.41, 5.74) is 0. The third-order valence-electron chi connectivity index (χ3n) is 14.7. The highest BCUT2D eigenvalue weighted by atomic mass is 14.9. The Morgan fingerprint density at radius 2 is 0.536 bits per heavy atom. The zero-order valence-electron chi connectivity index (χ0n) is 16.7. The molecule has 0 aromatic heterocycles. The Hall–Kier alpha value is -0.520. The quantitative estimate of drug-likeness (QED) is 0.411. The van der Waals surface area contributed by atoms with E-state index in [1.54, 1.807) is 25.7 Å². The van der Waals surface area contributed by atoms with E-state index in [2.05, 4.69) is 24.3 Å². The highest BCUT2D eigenvalue weighted by Crippen LogP contribution is 2.88. The van der Waals surface area contributed by atoms with E-state index in [0.29, 0.717) is 0 Å². The maximum Gasteiger partial charge on any atom is -0.0194 e. The van der Waals surface area contributed by atoms with Gasteiger partial charge in [-0.05, 0) is 144 Å². The Morgan fingerprint density at radius 1 is 0.286 bits per heavy atom. The molecule has 0 aliphatic heterocycles. The van der Waals surface area contributed by atoms with Gasteiger partial charge in [0.05, 0.1) is 0 Å². The molecule has 0 heteroatoms. The van der Waals surface area contributed by atoms with Gasteiger partial charge in [-0.25, -0.2) is 0 Å². The summed E-state index contributed by atoms with van der Waals surface area (Å²) < 4.78 is 0. The highest BCUT2D eigenvalue weighted by molar-refractivity contribution is 5.34. The molecule has 0 aromatic rings. The van der Waals surface area contributed by atoms with E-state index in [-0.39, 0.29) is 0 Å². The van der Waals surface area contributed by atoms with Gasteiger partial charge in [0.15, 0.2) is 0 Å². The van der Waals surface area contributed by atoms with Crippen molar-refractivity contribution in [1.82, 2.24) is 0 Å². The van der Waals surface area contributed by atoms with Crippen molar-refractivity contribution in [1.29, 1.82) is 0 Å². The second-order valence-electron chi connectivity index (χ2n) is 14.0. The van der Waals surface area contributed by atoms with Gasteiger partial charge in [-0.2, -0.15) is 0 Å². The number of fused-ring (bicyclic) bond motifs is 32. The molecule has 0 N–H and O–H groups in total. The predicted octanol–water partition coefficient (Wildman–Crippen LogP) is 5.13. The third-order valence-corrected chi connectivity index (χ3v) is 14.7. The maximum atomic E-state index is 2.66. The van der Waals surface area contributed by atoms with E-state index in [1.807, 2.05) is 0 Å². The molecule has 0 saturated heterocycles. The topological polar surface area (TPSA) is 0 Å². The first kappa shape index (κ1) is 13.7. The van der Waals surface area contributed by atoms with E-state index in [1.165, 1.54) is 94.7 Å². The van der Waals surface area contributed by atoms with Gasteiger partial charge in [-0.3, -0.25) is 0 Å². The molecule has 0 atom stereocenters. The fourth-order valence-electron chi connectivity index (χ4n) is 15.1. The van der Waals surface area contributed by atoms with Crippen molar-refractivity contribution in [3.05, 3.63) is 24.3 Å². The van der Waals surface area contributed by atoms with E-state index in [0.717, 1.165) is 23.7 Å². The highest BCUT2D eigenvalue weighted by Gasteiger charge is 2.83. The van der Waals surface area contributed by atoms with Gasteiger partial charge in [0.1, 0.15) is 0 Å². The van der Waals surface area contributed by atoms with Crippen LogP contribution in [0.2, 0.25) is 0 Å². The summed E-state index contributed by atoms with van der Waals surface area (Å²) in [6.45, 7) is 0. The molecule has 0 spiro atoms. The van der Waals surface area contributed by atoms with Gasteiger partial charge in [0.2, 0.25) is 0 Å². The van der Waals surface area contributed by atoms with Crippen molar-refractivity contribution in [2.24, 2.45) is 118 Å². The standard InChI is InChI=1S/C28H32/c1-2-10-5-9(1)17-18(10)22-14-7-13(21(17)22)25-26(14)28-16-8-15(27(25)28)23-19-11-3-4-12(6-11)20(19)24(16)23/h1-4,9-28H,5-8H2/t9-,10+,11-,12+,13-,14+,15-,16+,17+,18-,19+,20-,21-,22+,23-,24+,25?,26?,27?,28?.